The number of amides is 1. The van der Waals surface area contributed by atoms with Crippen LogP contribution < -0.4 is 5.32 Å². The third-order valence-electron chi connectivity index (χ3n) is 3.80. The molecule has 9 heteroatoms. The van der Waals surface area contributed by atoms with E-state index in [1.54, 1.807) is 24.1 Å². The van der Waals surface area contributed by atoms with Gasteiger partial charge in [0.2, 0.25) is 5.91 Å². The number of nitrogens with zero attached hydrogens (tertiary/aromatic N) is 3. The van der Waals surface area contributed by atoms with Crippen LogP contribution >= 0.6 is 35.6 Å². The van der Waals surface area contributed by atoms with Crippen LogP contribution in [0.4, 0.5) is 8.78 Å². The highest BCUT2D eigenvalue weighted by Gasteiger charge is 2.23. The fourth-order valence-electron chi connectivity index (χ4n) is 2.60. The van der Waals surface area contributed by atoms with E-state index in [9.17, 15) is 13.6 Å². The van der Waals surface area contributed by atoms with Gasteiger partial charge in [0.05, 0.1) is 13.0 Å². The van der Waals surface area contributed by atoms with E-state index in [1.165, 1.54) is 0 Å². The van der Waals surface area contributed by atoms with Crippen LogP contribution in [0.1, 0.15) is 5.56 Å². The molecule has 5 nitrogen and oxygen atoms in total. The Morgan fingerprint density at radius 2 is 1.92 bits per heavy atom. The first-order chi connectivity index (χ1) is 11.5. The molecule has 0 bridgehead atoms. The smallest absolute Gasteiger partial charge is 0.255 e. The van der Waals surface area contributed by atoms with E-state index in [-0.39, 0.29) is 29.9 Å². The zero-order valence-electron chi connectivity index (χ0n) is 13.9. The minimum Gasteiger partial charge on any atom is -0.351 e. The van der Waals surface area contributed by atoms with Gasteiger partial charge < -0.3 is 15.1 Å². The van der Waals surface area contributed by atoms with Crippen molar-refractivity contribution in [3.05, 3.63) is 34.9 Å². The van der Waals surface area contributed by atoms with Crippen molar-refractivity contribution in [2.45, 2.75) is 12.8 Å². The van der Waals surface area contributed by atoms with Crippen LogP contribution in [0.15, 0.2) is 29.3 Å². The van der Waals surface area contributed by atoms with Gasteiger partial charge in [0.15, 0.2) is 5.96 Å². The number of piperazine rings is 1. The minimum atomic E-state index is -2.43. The van der Waals surface area contributed by atoms with Crippen molar-refractivity contribution in [2.75, 3.05) is 39.8 Å². The van der Waals surface area contributed by atoms with Crippen LogP contribution in [0.3, 0.4) is 0 Å². The predicted octanol–water partition coefficient (Wildman–Crippen LogP) is 2.49. The molecule has 0 saturated carbocycles. The molecular weight excluding hydrogens is 465 g/mol. The number of alkyl halides is 2. The molecule has 25 heavy (non-hydrogen) atoms. The summed E-state index contributed by atoms with van der Waals surface area (Å²) in [5.41, 5.74) is 0.879. The lowest BCUT2D eigenvalue weighted by Gasteiger charge is -2.36. The standard InChI is InChI=1S/C16H21ClF2N4O.HI/c1-20-16(21-11-14(18)19)23-7-5-22(6-8-23)15(24)10-12-3-2-4-13(17)9-12;/h2-4,9,14H,5-8,10-11H2,1H3,(H,20,21);1H. The van der Waals surface area contributed by atoms with E-state index >= 15 is 0 Å². The highest BCUT2D eigenvalue weighted by atomic mass is 127. The van der Waals surface area contributed by atoms with Crippen molar-refractivity contribution in [3.8, 4) is 0 Å². The fraction of sp³-hybridized carbons (Fsp3) is 0.500. The average Bonchev–Trinajstić information content (AvgIpc) is 2.55. The Labute approximate surface area is 168 Å². The summed E-state index contributed by atoms with van der Waals surface area (Å²) in [6, 6.07) is 7.25. The zero-order valence-corrected chi connectivity index (χ0v) is 17.0. The van der Waals surface area contributed by atoms with Gasteiger partial charge in [0.25, 0.3) is 6.43 Å². The van der Waals surface area contributed by atoms with E-state index in [2.05, 4.69) is 10.3 Å². The Hall–Kier alpha value is -1.16. The van der Waals surface area contributed by atoms with Crippen LogP contribution in [0.2, 0.25) is 5.02 Å². The summed E-state index contributed by atoms with van der Waals surface area (Å²) in [4.78, 5) is 20.0. The molecular formula is C16H22ClF2IN4O. The molecule has 0 radical (unpaired) electrons. The third-order valence-corrected chi connectivity index (χ3v) is 4.04. The van der Waals surface area contributed by atoms with E-state index in [0.717, 1.165) is 5.56 Å². The average molecular weight is 487 g/mol. The molecule has 0 aromatic heterocycles. The van der Waals surface area contributed by atoms with Crippen LogP contribution in [-0.2, 0) is 11.2 Å². The summed E-state index contributed by atoms with van der Waals surface area (Å²) < 4.78 is 24.6. The Morgan fingerprint density at radius 3 is 2.48 bits per heavy atom. The highest BCUT2D eigenvalue weighted by molar-refractivity contribution is 14.0. The van der Waals surface area contributed by atoms with Crippen molar-refractivity contribution in [3.63, 3.8) is 0 Å². The van der Waals surface area contributed by atoms with E-state index in [1.807, 2.05) is 17.0 Å². The van der Waals surface area contributed by atoms with Crippen molar-refractivity contribution in [2.24, 2.45) is 4.99 Å². The molecule has 2 rings (SSSR count). The van der Waals surface area contributed by atoms with Crippen LogP contribution in [0.5, 0.6) is 0 Å². The maximum absolute atomic E-state index is 12.4. The molecule has 0 spiro atoms. The largest absolute Gasteiger partial charge is 0.351 e. The summed E-state index contributed by atoms with van der Waals surface area (Å²) in [6.45, 7) is 1.76. The topological polar surface area (TPSA) is 47.9 Å². The predicted molar refractivity (Wildman–Crippen MR) is 106 cm³/mol. The number of benzene rings is 1. The molecule has 1 aliphatic rings. The number of guanidine groups is 1. The SMILES string of the molecule is CN=C(NCC(F)F)N1CCN(C(=O)Cc2cccc(Cl)c2)CC1.I. The lowest BCUT2D eigenvalue weighted by molar-refractivity contribution is -0.131. The lowest BCUT2D eigenvalue weighted by Crippen LogP contribution is -2.54. The van der Waals surface area contributed by atoms with Gasteiger partial charge in [-0.25, -0.2) is 8.78 Å². The molecule has 1 heterocycles. The third kappa shape index (κ3) is 6.93. The number of aliphatic imine (C=N–C) groups is 1. The zero-order chi connectivity index (χ0) is 17.5. The summed E-state index contributed by atoms with van der Waals surface area (Å²) in [7, 11) is 1.56. The lowest BCUT2D eigenvalue weighted by atomic mass is 10.1. The van der Waals surface area contributed by atoms with E-state index in [0.29, 0.717) is 43.6 Å². The minimum absolute atomic E-state index is 0. The van der Waals surface area contributed by atoms with Crippen molar-refractivity contribution in [1.29, 1.82) is 0 Å². The second-order valence-corrected chi connectivity index (χ2v) is 5.93. The Bertz CT molecular complexity index is 595. The van der Waals surface area contributed by atoms with Crippen LogP contribution in [0, 0.1) is 0 Å². The molecule has 1 amide bonds. The molecule has 1 aromatic carbocycles. The highest BCUT2D eigenvalue weighted by Crippen LogP contribution is 2.13. The number of hydrogen-bond donors (Lipinski definition) is 1. The van der Waals surface area contributed by atoms with Gasteiger partial charge >= 0.3 is 0 Å². The quantitative estimate of drug-likeness (QED) is 0.404. The van der Waals surface area contributed by atoms with Crippen LogP contribution in [-0.4, -0.2) is 67.9 Å². The number of hydrogen-bond acceptors (Lipinski definition) is 2. The second-order valence-electron chi connectivity index (χ2n) is 5.49. The van der Waals surface area contributed by atoms with Crippen molar-refractivity contribution in [1.82, 2.24) is 15.1 Å². The number of halogens is 4. The number of carbonyl (C=O) groups is 1. The van der Waals surface area contributed by atoms with Gasteiger partial charge in [-0.1, -0.05) is 23.7 Å². The molecule has 1 N–H and O–H groups in total. The molecule has 0 aliphatic carbocycles. The van der Waals surface area contributed by atoms with Crippen LogP contribution in [0.25, 0.3) is 0 Å². The molecule has 1 aliphatic heterocycles. The molecule has 140 valence electrons. The van der Waals surface area contributed by atoms with Gasteiger partial charge in [0.1, 0.15) is 0 Å². The number of nitrogens with one attached hydrogen (secondary N) is 1. The van der Waals surface area contributed by atoms with Gasteiger partial charge in [-0.2, -0.15) is 0 Å². The molecule has 1 aromatic rings. The number of carbonyl (C=O) groups excluding carboxylic acids is 1. The monoisotopic (exact) mass is 486 g/mol. The van der Waals surface area contributed by atoms with Gasteiger partial charge in [-0.3, -0.25) is 9.79 Å². The summed E-state index contributed by atoms with van der Waals surface area (Å²) in [6.07, 6.45) is -2.12. The molecule has 1 fully saturated rings. The van der Waals surface area contributed by atoms with Crippen molar-refractivity contribution < 1.29 is 13.6 Å². The van der Waals surface area contributed by atoms with E-state index < -0.39 is 13.0 Å². The first-order valence-electron chi connectivity index (χ1n) is 7.75. The Morgan fingerprint density at radius 1 is 1.28 bits per heavy atom. The summed E-state index contributed by atoms with van der Waals surface area (Å²) >= 11 is 5.93. The molecule has 1 saturated heterocycles. The summed E-state index contributed by atoms with van der Waals surface area (Å²) in [5, 5.41) is 3.25. The van der Waals surface area contributed by atoms with Gasteiger partial charge in [0, 0.05) is 38.2 Å². The molecule has 0 atom stereocenters. The second kappa shape index (κ2) is 10.7. The number of rotatable bonds is 4. The maximum atomic E-state index is 12.4. The maximum Gasteiger partial charge on any atom is 0.255 e. The first-order valence-corrected chi connectivity index (χ1v) is 8.13. The fourth-order valence-corrected chi connectivity index (χ4v) is 2.81. The van der Waals surface area contributed by atoms with Crippen molar-refractivity contribution >= 4 is 47.4 Å². The first kappa shape index (κ1) is 21.9. The molecule has 0 unspecified atom stereocenters. The summed E-state index contributed by atoms with van der Waals surface area (Å²) in [5.74, 6) is 0.477. The van der Waals surface area contributed by atoms with E-state index in [4.69, 9.17) is 11.6 Å². The Balaban J connectivity index is 0.00000312. The van der Waals surface area contributed by atoms with Gasteiger partial charge in [-0.15, -0.1) is 24.0 Å². The van der Waals surface area contributed by atoms with Gasteiger partial charge in [-0.05, 0) is 17.7 Å². The Kier molecular flexibility index (Phi) is 9.41. The normalized spacial score (nSPS) is 15.2.